The Hall–Kier alpha value is -1.07. The van der Waals surface area contributed by atoms with E-state index in [0.717, 1.165) is 6.20 Å². The molecule has 8 N–H and O–H groups in total. The van der Waals surface area contributed by atoms with E-state index in [9.17, 15) is 43.5 Å². The van der Waals surface area contributed by atoms with E-state index in [1.807, 2.05) is 4.98 Å². The van der Waals surface area contributed by atoms with Crippen molar-refractivity contribution < 1.29 is 66.5 Å². The van der Waals surface area contributed by atoms with Crippen LogP contribution in [0.15, 0.2) is 15.8 Å². The second kappa shape index (κ2) is 9.66. The van der Waals surface area contributed by atoms with E-state index < -0.39 is 72.0 Å². The summed E-state index contributed by atoms with van der Waals surface area (Å²) in [5.74, 6) is 0. The number of nitrogens with zero attached hydrogens (tertiary/aromatic N) is 1. The summed E-state index contributed by atoms with van der Waals surface area (Å²) >= 11 is 0. The molecular formula is C11H19N2O16P3. The largest absolute Gasteiger partial charge is 0.490 e. The third-order valence-electron chi connectivity index (χ3n) is 3.92. The quantitative estimate of drug-likeness (QED) is 0.158. The van der Waals surface area contributed by atoms with E-state index in [1.54, 1.807) is 0 Å². The van der Waals surface area contributed by atoms with Crippen LogP contribution in [0.5, 0.6) is 0 Å². The third-order valence-corrected chi connectivity index (χ3v) is 7.73. The Labute approximate surface area is 177 Å². The Morgan fingerprint density at radius 2 is 1.59 bits per heavy atom. The molecule has 1 aliphatic heterocycles. The maximum atomic E-state index is 12.0. The molecule has 2 heterocycles. The van der Waals surface area contributed by atoms with Crippen molar-refractivity contribution in [1.82, 2.24) is 9.55 Å². The van der Waals surface area contributed by atoms with Gasteiger partial charge in [-0.3, -0.25) is 18.9 Å². The lowest BCUT2D eigenvalue weighted by atomic mass is 9.98. The first-order chi connectivity index (χ1) is 14.4. The van der Waals surface area contributed by atoms with Gasteiger partial charge in [0, 0.05) is 11.8 Å². The molecule has 32 heavy (non-hydrogen) atoms. The molecule has 1 fully saturated rings. The Morgan fingerprint density at radius 3 is 2.16 bits per heavy atom. The first-order valence-electron chi connectivity index (χ1n) is 8.22. The van der Waals surface area contributed by atoms with Gasteiger partial charge in [-0.1, -0.05) is 0 Å². The number of aliphatic hydroxyl groups is 3. The van der Waals surface area contributed by atoms with Crippen molar-refractivity contribution in [2.45, 2.75) is 37.6 Å². The number of nitrogens with one attached hydrogen (secondary N) is 1. The minimum atomic E-state index is -5.79. The first-order valence-corrected chi connectivity index (χ1v) is 12.7. The summed E-state index contributed by atoms with van der Waals surface area (Å²) in [6.45, 7) is 0.143. The number of aromatic amines is 1. The Morgan fingerprint density at radius 1 is 1.00 bits per heavy atom. The smallest absolute Gasteiger partial charge is 0.387 e. The molecule has 0 bridgehead atoms. The van der Waals surface area contributed by atoms with Crippen LogP contribution in [0.3, 0.4) is 0 Å². The lowest BCUT2D eigenvalue weighted by Gasteiger charge is -2.40. The molecule has 1 aromatic rings. The van der Waals surface area contributed by atoms with Crippen LogP contribution in [-0.4, -0.2) is 75.5 Å². The molecule has 21 heteroatoms. The van der Waals surface area contributed by atoms with E-state index in [-0.39, 0.29) is 5.56 Å². The number of aromatic nitrogens is 2. The van der Waals surface area contributed by atoms with Crippen LogP contribution < -0.4 is 11.2 Å². The van der Waals surface area contributed by atoms with Crippen LogP contribution in [-0.2, 0) is 31.6 Å². The van der Waals surface area contributed by atoms with Gasteiger partial charge in [-0.2, -0.15) is 8.62 Å². The molecule has 0 saturated carbocycles. The highest BCUT2D eigenvalue weighted by Gasteiger charge is 2.47. The van der Waals surface area contributed by atoms with Crippen molar-refractivity contribution in [2.75, 3.05) is 6.61 Å². The topological polar surface area (TPSA) is 285 Å². The van der Waals surface area contributed by atoms with Crippen LogP contribution in [0.4, 0.5) is 0 Å². The van der Waals surface area contributed by atoms with Gasteiger partial charge in [-0.15, -0.1) is 0 Å². The second-order valence-electron chi connectivity index (χ2n) is 6.40. The Bertz CT molecular complexity index is 1090. The summed E-state index contributed by atoms with van der Waals surface area (Å²) in [6, 6.07) is 0. The number of aryl methyl sites for hydroxylation is 1. The molecule has 184 valence electrons. The van der Waals surface area contributed by atoms with Crippen LogP contribution in [0.2, 0.25) is 0 Å². The molecule has 1 aromatic heterocycles. The van der Waals surface area contributed by atoms with Crippen molar-refractivity contribution in [3.8, 4) is 0 Å². The van der Waals surface area contributed by atoms with Crippen LogP contribution >= 0.6 is 23.5 Å². The standard InChI is InChI=1S/C11H19N2O16P3/c1-4-2-13(11(18)12-9(4)17)10-8(16)7(15)6(14)5(27-10)3-26-31(22,23)29-32(24,25)28-30(19,20)21/h2,5-8,10,14-16H,3H2,1H3,(H,22,23)(H,24,25)(H,12,17,18)(H2,19,20,21)/t5-,6-,7+,8-,10-/m1/s1. The van der Waals surface area contributed by atoms with Crippen LogP contribution in [0.25, 0.3) is 0 Å². The highest BCUT2D eigenvalue weighted by Crippen LogP contribution is 2.66. The number of ether oxygens (including phenoxy) is 1. The molecule has 0 spiro atoms. The monoisotopic (exact) mass is 528 g/mol. The maximum Gasteiger partial charge on any atom is 0.490 e. The van der Waals surface area contributed by atoms with E-state index in [1.165, 1.54) is 6.92 Å². The molecule has 1 aliphatic rings. The minimum Gasteiger partial charge on any atom is -0.387 e. The molecule has 0 aromatic carbocycles. The zero-order valence-corrected chi connectivity index (χ0v) is 18.4. The third kappa shape index (κ3) is 6.96. The number of rotatable bonds is 8. The molecule has 18 nitrogen and oxygen atoms in total. The normalized spacial score (nSPS) is 30.4. The van der Waals surface area contributed by atoms with Crippen molar-refractivity contribution in [1.29, 1.82) is 0 Å². The van der Waals surface area contributed by atoms with Crippen molar-refractivity contribution in [3.63, 3.8) is 0 Å². The minimum absolute atomic E-state index is 0.00539. The number of hydrogen-bond donors (Lipinski definition) is 8. The highest BCUT2D eigenvalue weighted by atomic mass is 31.3. The first kappa shape index (κ1) is 27.2. The predicted molar refractivity (Wildman–Crippen MR) is 97.8 cm³/mol. The van der Waals surface area contributed by atoms with E-state index in [2.05, 4.69) is 13.1 Å². The lowest BCUT2D eigenvalue weighted by molar-refractivity contribution is -0.251. The summed E-state index contributed by atoms with van der Waals surface area (Å²) < 4.78 is 51.0. The highest BCUT2D eigenvalue weighted by molar-refractivity contribution is 7.66. The predicted octanol–water partition coefficient (Wildman–Crippen LogP) is -2.83. The molecule has 7 atom stereocenters. The molecule has 1 saturated heterocycles. The van der Waals surface area contributed by atoms with Crippen LogP contribution in [0.1, 0.15) is 11.8 Å². The van der Waals surface area contributed by atoms with E-state index >= 15 is 0 Å². The Balaban J connectivity index is 2.19. The maximum absolute atomic E-state index is 12.0. The van der Waals surface area contributed by atoms with Gasteiger partial charge < -0.3 is 39.6 Å². The number of H-pyrrole nitrogens is 1. The van der Waals surface area contributed by atoms with Gasteiger partial charge in [-0.05, 0) is 6.92 Å². The second-order valence-corrected chi connectivity index (χ2v) is 10.8. The molecule has 2 rings (SSSR count). The molecule has 2 unspecified atom stereocenters. The summed E-state index contributed by atoms with van der Waals surface area (Å²) in [5.41, 5.74) is -1.81. The average molecular weight is 528 g/mol. The summed E-state index contributed by atoms with van der Waals surface area (Å²) in [4.78, 5) is 61.0. The summed E-state index contributed by atoms with van der Waals surface area (Å²) in [6.07, 6.45) is -8.42. The molecule has 0 amide bonds. The van der Waals surface area contributed by atoms with Gasteiger partial charge in [0.2, 0.25) is 0 Å². The number of phosphoric ester groups is 1. The van der Waals surface area contributed by atoms with Crippen molar-refractivity contribution >= 4 is 23.5 Å². The van der Waals surface area contributed by atoms with Gasteiger partial charge in [0.15, 0.2) is 6.23 Å². The van der Waals surface area contributed by atoms with Gasteiger partial charge in [0.1, 0.15) is 24.4 Å². The fraction of sp³-hybridized carbons (Fsp3) is 0.636. The molecule has 0 aliphatic carbocycles. The fourth-order valence-electron chi connectivity index (χ4n) is 2.54. The lowest BCUT2D eigenvalue weighted by Crippen LogP contribution is -2.58. The van der Waals surface area contributed by atoms with Gasteiger partial charge in [-0.25, -0.2) is 18.5 Å². The summed E-state index contributed by atoms with van der Waals surface area (Å²) in [5, 5.41) is 30.2. The SMILES string of the molecule is Cc1cn([C@@H]2O[C@H](COP(=O)(O)OP(=O)(O)OP(=O)(O)O)[C@@H](O)[C@H](O)[C@H]2O)c(=O)[nH]c1=O. The van der Waals surface area contributed by atoms with Crippen molar-refractivity contribution in [2.24, 2.45) is 0 Å². The Kier molecular flexibility index (Phi) is 8.20. The van der Waals surface area contributed by atoms with Gasteiger partial charge in [0.05, 0.1) is 6.61 Å². The molecular weight excluding hydrogens is 509 g/mol. The number of hydrogen-bond acceptors (Lipinski definition) is 12. The zero-order valence-electron chi connectivity index (χ0n) is 15.8. The zero-order chi connectivity index (χ0) is 24.6. The van der Waals surface area contributed by atoms with E-state index in [0.29, 0.717) is 4.57 Å². The van der Waals surface area contributed by atoms with E-state index in [4.69, 9.17) is 19.4 Å². The molecule has 0 radical (unpaired) electrons. The number of phosphoric acid groups is 3. The van der Waals surface area contributed by atoms with Crippen LogP contribution in [0, 0.1) is 6.92 Å². The number of aliphatic hydroxyl groups excluding tert-OH is 3. The van der Waals surface area contributed by atoms with Gasteiger partial charge >= 0.3 is 29.2 Å². The van der Waals surface area contributed by atoms with Crippen molar-refractivity contribution in [3.05, 3.63) is 32.6 Å². The average Bonchev–Trinajstić information content (AvgIpc) is 2.59. The summed E-state index contributed by atoms with van der Waals surface area (Å²) in [7, 11) is -17.0. The van der Waals surface area contributed by atoms with Gasteiger partial charge in [0.25, 0.3) is 5.56 Å². The fourth-order valence-corrected chi connectivity index (χ4v) is 5.57.